The molecule has 0 aliphatic carbocycles. The lowest BCUT2D eigenvalue weighted by Gasteiger charge is -2.36. The quantitative estimate of drug-likeness (QED) is 0.553. The average molecular weight is 498 g/mol. The average Bonchev–Trinajstić information content (AvgIpc) is 3.23. The van der Waals surface area contributed by atoms with Gasteiger partial charge in [-0.3, -0.25) is 9.35 Å². The van der Waals surface area contributed by atoms with Crippen LogP contribution in [0, 0.1) is 0 Å². The molecule has 1 aliphatic heterocycles. The monoisotopic (exact) mass is 497 g/mol. The van der Waals surface area contributed by atoms with Crippen molar-refractivity contribution in [2.24, 2.45) is 0 Å². The molecule has 180 valence electrons. The smallest absolute Gasteiger partial charge is 0.268 e. The Morgan fingerprint density at radius 2 is 1.79 bits per heavy atom. The zero-order chi connectivity index (χ0) is 24.4. The predicted octanol–water partition coefficient (Wildman–Crippen LogP) is 3.82. The largest absolute Gasteiger partial charge is 0.493 e. The highest BCUT2D eigenvalue weighted by molar-refractivity contribution is 7.86. The molecule has 2 unspecified atom stereocenters. The summed E-state index contributed by atoms with van der Waals surface area (Å²) in [5, 5.41) is -0.646. The van der Waals surface area contributed by atoms with E-state index < -0.39 is 20.8 Å². The lowest BCUT2D eigenvalue weighted by molar-refractivity contribution is 0.0781. The molecule has 2 aromatic rings. The zero-order valence-corrected chi connectivity index (χ0v) is 20.6. The summed E-state index contributed by atoms with van der Waals surface area (Å²) in [6.07, 6.45) is 0.527. The van der Waals surface area contributed by atoms with Crippen molar-refractivity contribution in [2.45, 2.75) is 30.4 Å². The van der Waals surface area contributed by atoms with Gasteiger partial charge in [0, 0.05) is 29.1 Å². The fourth-order valence-corrected chi connectivity index (χ4v) is 6.27. The van der Waals surface area contributed by atoms with E-state index in [1.807, 2.05) is 0 Å². The second-order valence-corrected chi connectivity index (χ2v) is 10.0. The maximum absolute atomic E-state index is 13.5. The molecule has 3 rings (SSSR count). The molecule has 0 spiro atoms. The number of amides is 1. The Morgan fingerprint density at radius 3 is 2.27 bits per heavy atom. The Kier molecular flexibility index (Phi) is 7.45. The normalized spacial score (nSPS) is 19.3. The summed E-state index contributed by atoms with van der Waals surface area (Å²) in [7, 11) is -0.00175. The first-order valence-corrected chi connectivity index (χ1v) is 12.3. The van der Waals surface area contributed by atoms with Gasteiger partial charge in [-0.25, -0.2) is 0 Å². The van der Waals surface area contributed by atoms with Crippen LogP contribution in [0.25, 0.3) is 0 Å². The van der Waals surface area contributed by atoms with Crippen molar-refractivity contribution in [1.82, 2.24) is 4.90 Å². The molecular weight excluding hydrogens is 470 g/mol. The molecule has 1 saturated heterocycles. The highest BCUT2D eigenvalue weighted by Gasteiger charge is 2.51. The van der Waals surface area contributed by atoms with Gasteiger partial charge in [0.1, 0.15) is 0 Å². The molecule has 0 bridgehead atoms. The van der Waals surface area contributed by atoms with Crippen LogP contribution in [0.1, 0.15) is 35.7 Å². The number of halogens is 1. The minimum Gasteiger partial charge on any atom is -0.493 e. The highest BCUT2D eigenvalue weighted by atomic mass is 35.5. The van der Waals surface area contributed by atoms with Crippen molar-refractivity contribution in [3.05, 3.63) is 52.5 Å². The van der Waals surface area contributed by atoms with Gasteiger partial charge >= 0.3 is 0 Å². The van der Waals surface area contributed by atoms with Crippen LogP contribution < -0.4 is 14.2 Å². The summed E-state index contributed by atoms with van der Waals surface area (Å²) in [6.45, 7) is 2.10. The molecule has 1 aliphatic rings. The number of ether oxygens (including phenoxy) is 3. The molecular formula is C23H28ClNO7S. The molecule has 0 radical (unpaired) electrons. The third kappa shape index (κ3) is 4.76. The molecule has 2 atom stereocenters. The van der Waals surface area contributed by atoms with E-state index >= 15 is 0 Å². The number of likely N-dealkylation sites (tertiary alicyclic amines) is 1. The van der Waals surface area contributed by atoms with Gasteiger partial charge in [0.25, 0.3) is 16.0 Å². The minimum absolute atomic E-state index is 0.0983. The Morgan fingerprint density at radius 1 is 1.15 bits per heavy atom. The number of nitrogens with zero attached hydrogens (tertiary/aromatic N) is 1. The van der Waals surface area contributed by atoms with Crippen LogP contribution in [-0.4, -0.2) is 63.4 Å². The van der Waals surface area contributed by atoms with E-state index in [4.69, 9.17) is 25.8 Å². The second-order valence-electron chi connectivity index (χ2n) is 7.97. The van der Waals surface area contributed by atoms with Gasteiger partial charge in [-0.05, 0) is 42.7 Å². The van der Waals surface area contributed by atoms with E-state index in [1.165, 1.54) is 21.3 Å². The van der Waals surface area contributed by atoms with Gasteiger partial charge in [-0.1, -0.05) is 30.7 Å². The van der Waals surface area contributed by atoms with Crippen LogP contribution >= 0.6 is 11.6 Å². The van der Waals surface area contributed by atoms with Crippen molar-refractivity contribution in [3.8, 4) is 17.2 Å². The molecule has 1 amide bonds. The number of benzene rings is 2. The first kappa shape index (κ1) is 25.1. The molecule has 1 N–H and O–H groups in total. The predicted molar refractivity (Wildman–Crippen MR) is 125 cm³/mol. The SMILES string of the molecule is CCC(C1(c2cccc(Cl)c2)CCN(C(=O)c2cc(OC)c(OC)c(OC)c2)C1)S(=O)(=O)O. The van der Waals surface area contributed by atoms with Gasteiger partial charge in [-0.2, -0.15) is 8.42 Å². The van der Waals surface area contributed by atoms with E-state index in [9.17, 15) is 17.8 Å². The summed E-state index contributed by atoms with van der Waals surface area (Å²) in [4.78, 5) is 15.0. The summed E-state index contributed by atoms with van der Waals surface area (Å²) in [5.41, 5.74) is -0.0326. The van der Waals surface area contributed by atoms with E-state index in [0.29, 0.717) is 46.4 Å². The van der Waals surface area contributed by atoms with E-state index in [1.54, 1.807) is 48.2 Å². The van der Waals surface area contributed by atoms with Crippen LogP contribution in [0.15, 0.2) is 36.4 Å². The minimum atomic E-state index is -4.40. The maximum Gasteiger partial charge on any atom is 0.268 e. The zero-order valence-electron chi connectivity index (χ0n) is 19.0. The molecule has 1 fully saturated rings. The van der Waals surface area contributed by atoms with Gasteiger partial charge in [0.15, 0.2) is 11.5 Å². The molecule has 10 heteroatoms. The molecule has 33 heavy (non-hydrogen) atoms. The van der Waals surface area contributed by atoms with E-state index in [-0.39, 0.29) is 18.9 Å². The van der Waals surface area contributed by atoms with Crippen LogP contribution in [-0.2, 0) is 15.5 Å². The summed E-state index contributed by atoms with van der Waals surface area (Å²) in [5.74, 6) is 0.724. The topological polar surface area (TPSA) is 102 Å². The fraction of sp³-hybridized carbons (Fsp3) is 0.435. The number of hydrogen-bond acceptors (Lipinski definition) is 6. The number of carbonyl (C=O) groups excluding carboxylic acids is 1. The molecule has 0 aromatic heterocycles. The van der Waals surface area contributed by atoms with Crippen LogP contribution in [0.2, 0.25) is 5.02 Å². The Bertz CT molecular complexity index is 1110. The molecule has 0 saturated carbocycles. The van der Waals surface area contributed by atoms with E-state index in [0.717, 1.165) is 0 Å². The summed E-state index contributed by atoms with van der Waals surface area (Å²) < 4.78 is 50.8. The van der Waals surface area contributed by atoms with Gasteiger partial charge in [0.05, 0.1) is 26.6 Å². The summed E-state index contributed by atoms with van der Waals surface area (Å²) in [6, 6.07) is 10.0. The second kappa shape index (κ2) is 9.79. The third-order valence-corrected chi connectivity index (χ3v) is 7.98. The van der Waals surface area contributed by atoms with Crippen molar-refractivity contribution in [3.63, 3.8) is 0 Å². The van der Waals surface area contributed by atoms with Crippen molar-refractivity contribution in [2.75, 3.05) is 34.4 Å². The first-order valence-electron chi connectivity index (χ1n) is 10.4. The number of rotatable bonds is 8. The molecule has 1 heterocycles. The molecule has 8 nitrogen and oxygen atoms in total. The molecule has 2 aromatic carbocycles. The number of hydrogen-bond donors (Lipinski definition) is 1. The van der Waals surface area contributed by atoms with Crippen LogP contribution in [0.5, 0.6) is 17.2 Å². The standard InChI is InChI=1S/C23H28ClNO7S/c1-5-20(33(27,28)29)23(16-7-6-8-17(24)13-16)9-10-25(14-23)22(26)15-11-18(30-2)21(32-4)19(12-15)31-3/h6-8,11-13,20H,5,9-10,14H2,1-4H3,(H,27,28,29). The lowest BCUT2D eigenvalue weighted by atomic mass is 9.75. The Balaban J connectivity index is 2.05. The van der Waals surface area contributed by atoms with Crippen molar-refractivity contribution >= 4 is 27.6 Å². The number of methoxy groups -OCH3 is 3. The van der Waals surface area contributed by atoms with Crippen molar-refractivity contribution < 1.29 is 32.0 Å². The third-order valence-electron chi connectivity index (χ3n) is 6.25. The van der Waals surface area contributed by atoms with Gasteiger partial charge < -0.3 is 19.1 Å². The highest BCUT2D eigenvalue weighted by Crippen LogP contribution is 2.44. The Labute approximate surface area is 199 Å². The fourth-order valence-electron chi connectivity index (χ4n) is 4.76. The van der Waals surface area contributed by atoms with Crippen LogP contribution in [0.3, 0.4) is 0 Å². The first-order chi connectivity index (χ1) is 15.6. The van der Waals surface area contributed by atoms with Gasteiger partial charge in [-0.15, -0.1) is 0 Å². The van der Waals surface area contributed by atoms with E-state index in [2.05, 4.69) is 0 Å². The number of carbonyl (C=O) groups is 1. The van der Waals surface area contributed by atoms with Crippen molar-refractivity contribution in [1.29, 1.82) is 0 Å². The van der Waals surface area contributed by atoms with Gasteiger partial charge in [0.2, 0.25) is 5.75 Å². The maximum atomic E-state index is 13.5. The Hall–Kier alpha value is -2.49. The summed E-state index contributed by atoms with van der Waals surface area (Å²) >= 11 is 6.21. The van der Waals surface area contributed by atoms with Crippen LogP contribution in [0.4, 0.5) is 0 Å². The lowest BCUT2D eigenvalue weighted by Crippen LogP contribution is -2.47.